The number of thiophene rings is 1. The van der Waals surface area contributed by atoms with Crippen molar-refractivity contribution in [1.29, 1.82) is 0 Å². The fourth-order valence-corrected chi connectivity index (χ4v) is 4.03. The number of fused-ring (bicyclic) bond motifs is 1. The third kappa shape index (κ3) is 2.96. The molecule has 2 aromatic rings. The molecule has 0 amide bonds. The minimum absolute atomic E-state index is 0.735. The van der Waals surface area contributed by atoms with Crippen LogP contribution in [0.4, 0.5) is 5.69 Å². The van der Waals surface area contributed by atoms with E-state index < -0.39 is 0 Å². The Morgan fingerprint density at radius 1 is 1.29 bits per heavy atom. The Bertz CT molecular complexity index is 648. The molecule has 4 rings (SSSR count). The molecule has 2 nitrogen and oxygen atoms in total. The number of nitrogens with one attached hydrogen (secondary N) is 1. The van der Waals surface area contributed by atoms with Crippen LogP contribution in [0.1, 0.15) is 28.8 Å². The molecule has 0 bridgehead atoms. The van der Waals surface area contributed by atoms with Crippen LogP contribution in [-0.4, -0.2) is 12.6 Å². The van der Waals surface area contributed by atoms with Crippen molar-refractivity contribution in [2.75, 3.05) is 11.4 Å². The first-order valence-corrected chi connectivity index (χ1v) is 8.87. The number of rotatable bonds is 4. The van der Waals surface area contributed by atoms with Crippen LogP contribution in [0.15, 0.2) is 29.6 Å². The quantitative estimate of drug-likeness (QED) is 0.908. The van der Waals surface area contributed by atoms with Gasteiger partial charge in [0.1, 0.15) is 0 Å². The van der Waals surface area contributed by atoms with E-state index in [1.165, 1.54) is 29.7 Å². The van der Waals surface area contributed by atoms with Gasteiger partial charge in [-0.05, 0) is 54.0 Å². The minimum atomic E-state index is 0.735. The summed E-state index contributed by atoms with van der Waals surface area (Å²) in [7, 11) is 0. The monoisotopic (exact) mass is 318 g/mol. The van der Waals surface area contributed by atoms with Gasteiger partial charge in [0.2, 0.25) is 0 Å². The van der Waals surface area contributed by atoms with E-state index in [0.717, 1.165) is 37.1 Å². The topological polar surface area (TPSA) is 15.3 Å². The summed E-state index contributed by atoms with van der Waals surface area (Å²) in [5.41, 5.74) is 4.14. The summed E-state index contributed by atoms with van der Waals surface area (Å²) < 4.78 is 0. The highest BCUT2D eigenvalue weighted by molar-refractivity contribution is 7.10. The molecule has 1 saturated carbocycles. The van der Waals surface area contributed by atoms with Crippen LogP contribution in [0.3, 0.4) is 0 Å². The first-order chi connectivity index (χ1) is 10.3. The summed E-state index contributed by atoms with van der Waals surface area (Å²) in [6.07, 6.45) is 3.80. The zero-order valence-corrected chi connectivity index (χ0v) is 13.5. The summed E-state index contributed by atoms with van der Waals surface area (Å²) in [5.74, 6) is 0. The van der Waals surface area contributed by atoms with Gasteiger partial charge >= 0.3 is 0 Å². The Morgan fingerprint density at radius 3 is 3.05 bits per heavy atom. The molecule has 1 N–H and O–H groups in total. The first kappa shape index (κ1) is 13.6. The molecule has 4 heteroatoms. The van der Waals surface area contributed by atoms with Crippen molar-refractivity contribution < 1.29 is 0 Å². The van der Waals surface area contributed by atoms with Gasteiger partial charge in [-0.25, -0.2) is 0 Å². The average molecular weight is 319 g/mol. The fraction of sp³-hybridized carbons (Fsp3) is 0.412. The van der Waals surface area contributed by atoms with Crippen molar-refractivity contribution in [2.24, 2.45) is 0 Å². The van der Waals surface area contributed by atoms with Gasteiger partial charge in [0.05, 0.1) is 0 Å². The summed E-state index contributed by atoms with van der Waals surface area (Å²) in [4.78, 5) is 4.02. The second kappa shape index (κ2) is 5.64. The van der Waals surface area contributed by atoms with Crippen LogP contribution < -0.4 is 10.2 Å². The summed E-state index contributed by atoms with van der Waals surface area (Å²) in [6, 6.07) is 9.31. The molecule has 110 valence electrons. The van der Waals surface area contributed by atoms with E-state index in [4.69, 9.17) is 11.6 Å². The number of anilines is 1. The molecule has 0 saturated heterocycles. The van der Waals surface area contributed by atoms with E-state index in [1.54, 1.807) is 4.88 Å². The molecule has 2 aliphatic rings. The Kier molecular flexibility index (Phi) is 3.66. The van der Waals surface area contributed by atoms with E-state index in [1.807, 2.05) is 17.4 Å². The van der Waals surface area contributed by atoms with Crippen molar-refractivity contribution in [1.82, 2.24) is 5.32 Å². The van der Waals surface area contributed by atoms with E-state index in [9.17, 15) is 0 Å². The zero-order chi connectivity index (χ0) is 14.2. The Balaban J connectivity index is 1.59. The molecule has 1 aliphatic carbocycles. The van der Waals surface area contributed by atoms with Gasteiger partial charge in [-0.15, -0.1) is 11.3 Å². The number of hydrogen-bond donors (Lipinski definition) is 1. The van der Waals surface area contributed by atoms with Crippen LogP contribution >= 0.6 is 22.9 Å². The molecule has 0 spiro atoms. The first-order valence-electron chi connectivity index (χ1n) is 7.61. The lowest BCUT2D eigenvalue weighted by Crippen LogP contribution is -2.31. The Labute approximate surface area is 134 Å². The lowest BCUT2D eigenvalue weighted by molar-refractivity contribution is 0.677. The Hall–Kier alpha value is -1.03. The maximum absolute atomic E-state index is 6.25. The smallest absolute Gasteiger partial charge is 0.0440 e. The number of hydrogen-bond acceptors (Lipinski definition) is 3. The van der Waals surface area contributed by atoms with Crippen LogP contribution in [-0.2, 0) is 19.5 Å². The zero-order valence-electron chi connectivity index (χ0n) is 11.9. The van der Waals surface area contributed by atoms with Crippen LogP contribution in [0.25, 0.3) is 0 Å². The number of halogens is 1. The molecule has 0 atom stereocenters. The lowest BCUT2D eigenvalue weighted by atomic mass is 10.1. The average Bonchev–Trinajstić information content (AvgIpc) is 3.21. The van der Waals surface area contributed by atoms with Crippen molar-refractivity contribution in [3.63, 3.8) is 0 Å². The van der Waals surface area contributed by atoms with Gasteiger partial charge in [-0.2, -0.15) is 0 Å². The second-order valence-electron chi connectivity index (χ2n) is 5.97. The molecule has 0 unspecified atom stereocenters. The highest BCUT2D eigenvalue weighted by Crippen LogP contribution is 2.32. The second-order valence-corrected chi connectivity index (χ2v) is 7.41. The molecule has 1 aromatic carbocycles. The van der Waals surface area contributed by atoms with Crippen molar-refractivity contribution >= 4 is 28.6 Å². The maximum Gasteiger partial charge on any atom is 0.0440 e. The predicted octanol–water partition coefficient (Wildman–Crippen LogP) is 4.22. The van der Waals surface area contributed by atoms with E-state index in [2.05, 4.69) is 33.8 Å². The standard InChI is InChI=1S/C17H19ClN2S/c18-14-2-1-12(10-19-15-3-4-15)16(9-14)20-7-5-17-13(11-20)6-8-21-17/h1-2,6,8-9,15,19H,3-5,7,10-11H2. The van der Waals surface area contributed by atoms with E-state index >= 15 is 0 Å². The summed E-state index contributed by atoms with van der Waals surface area (Å²) >= 11 is 8.13. The maximum atomic E-state index is 6.25. The fourth-order valence-electron chi connectivity index (χ4n) is 2.98. The van der Waals surface area contributed by atoms with Crippen molar-refractivity contribution in [2.45, 2.75) is 38.4 Å². The number of nitrogens with zero attached hydrogens (tertiary/aromatic N) is 1. The third-order valence-electron chi connectivity index (χ3n) is 4.35. The minimum Gasteiger partial charge on any atom is -0.366 e. The van der Waals surface area contributed by atoms with Crippen LogP contribution in [0.2, 0.25) is 5.02 Å². The van der Waals surface area contributed by atoms with Crippen molar-refractivity contribution in [3.8, 4) is 0 Å². The van der Waals surface area contributed by atoms with Gasteiger partial charge in [0, 0.05) is 41.3 Å². The van der Waals surface area contributed by atoms with Gasteiger partial charge in [-0.1, -0.05) is 17.7 Å². The van der Waals surface area contributed by atoms with Gasteiger partial charge in [0.25, 0.3) is 0 Å². The molecular weight excluding hydrogens is 300 g/mol. The predicted molar refractivity (Wildman–Crippen MR) is 90.4 cm³/mol. The summed E-state index contributed by atoms with van der Waals surface area (Å²) in [5, 5.41) is 6.66. The molecule has 1 fully saturated rings. The Morgan fingerprint density at radius 2 is 2.19 bits per heavy atom. The highest BCUT2D eigenvalue weighted by atomic mass is 35.5. The molecule has 1 aliphatic heterocycles. The summed E-state index contributed by atoms with van der Waals surface area (Å²) in [6.45, 7) is 3.05. The molecular formula is C17H19ClN2S. The molecule has 21 heavy (non-hydrogen) atoms. The molecule has 1 aromatic heterocycles. The highest BCUT2D eigenvalue weighted by Gasteiger charge is 2.23. The van der Waals surface area contributed by atoms with Crippen molar-refractivity contribution in [3.05, 3.63) is 50.7 Å². The van der Waals surface area contributed by atoms with Crippen LogP contribution in [0.5, 0.6) is 0 Å². The van der Waals surface area contributed by atoms with E-state index in [0.29, 0.717) is 0 Å². The SMILES string of the molecule is Clc1ccc(CNC2CC2)c(N2CCc3sccc3C2)c1. The number of benzene rings is 1. The van der Waals surface area contributed by atoms with Gasteiger partial charge in [-0.3, -0.25) is 0 Å². The lowest BCUT2D eigenvalue weighted by Gasteiger charge is -2.31. The van der Waals surface area contributed by atoms with E-state index in [-0.39, 0.29) is 0 Å². The van der Waals surface area contributed by atoms with Gasteiger partial charge in [0.15, 0.2) is 0 Å². The van der Waals surface area contributed by atoms with Gasteiger partial charge < -0.3 is 10.2 Å². The largest absolute Gasteiger partial charge is 0.366 e. The molecule has 2 heterocycles. The molecule has 0 radical (unpaired) electrons. The third-order valence-corrected chi connectivity index (χ3v) is 5.61. The van der Waals surface area contributed by atoms with Crippen LogP contribution in [0, 0.1) is 0 Å². The normalized spacial score (nSPS) is 17.9.